The van der Waals surface area contributed by atoms with Gasteiger partial charge in [-0.1, -0.05) is 5.16 Å². The molecule has 20 heavy (non-hydrogen) atoms. The molecule has 3 heterocycles. The second kappa shape index (κ2) is 4.99. The maximum atomic E-state index is 11.0. The monoisotopic (exact) mass is 276 g/mol. The molecule has 7 nitrogen and oxygen atoms in total. The van der Waals surface area contributed by atoms with Crippen LogP contribution in [0.4, 0.5) is 4.79 Å². The van der Waals surface area contributed by atoms with Crippen LogP contribution in [0, 0.1) is 6.92 Å². The van der Waals surface area contributed by atoms with Gasteiger partial charge in [-0.15, -0.1) is 0 Å². The number of rotatable bonds is 2. The summed E-state index contributed by atoms with van der Waals surface area (Å²) < 4.78 is 5.30. The molecule has 3 rings (SSSR count). The van der Waals surface area contributed by atoms with E-state index in [1.54, 1.807) is 0 Å². The highest BCUT2D eigenvalue weighted by molar-refractivity contribution is 5.65. The number of likely N-dealkylation sites (tertiary alicyclic amines) is 1. The molecule has 1 aliphatic heterocycles. The number of amides is 1. The SMILES string of the molecule is Cc1c[nH]c(-c2noc([C@H]3CCCN(C(=O)O)C3)n2)c1. The molecule has 1 atom stereocenters. The second-order valence-electron chi connectivity index (χ2n) is 5.11. The largest absolute Gasteiger partial charge is 0.465 e. The maximum absolute atomic E-state index is 11.0. The number of carbonyl (C=O) groups is 1. The zero-order valence-corrected chi connectivity index (χ0v) is 11.2. The fraction of sp³-hybridized carbons (Fsp3) is 0.462. The van der Waals surface area contributed by atoms with Gasteiger partial charge >= 0.3 is 6.09 Å². The van der Waals surface area contributed by atoms with E-state index in [-0.39, 0.29) is 5.92 Å². The van der Waals surface area contributed by atoms with Crippen molar-refractivity contribution in [2.75, 3.05) is 13.1 Å². The molecule has 1 saturated heterocycles. The molecule has 0 aliphatic carbocycles. The lowest BCUT2D eigenvalue weighted by atomic mass is 9.98. The first kappa shape index (κ1) is 12.7. The van der Waals surface area contributed by atoms with Crippen molar-refractivity contribution >= 4 is 6.09 Å². The van der Waals surface area contributed by atoms with Gasteiger partial charge in [0.1, 0.15) is 0 Å². The highest BCUT2D eigenvalue weighted by atomic mass is 16.5. The summed E-state index contributed by atoms with van der Waals surface area (Å²) in [7, 11) is 0. The Hall–Kier alpha value is -2.31. The van der Waals surface area contributed by atoms with E-state index in [2.05, 4.69) is 15.1 Å². The first-order valence-corrected chi connectivity index (χ1v) is 6.60. The normalized spacial score (nSPS) is 19.2. The van der Waals surface area contributed by atoms with Gasteiger partial charge in [-0.3, -0.25) is 0 Å². The molecule has 2 aromatic rings. The van der Waals surface area contributed by atoms with Gasteiger partial charge in [0, 0.05) is 19.3 Å². The topological polar surface area (TPSA) is 95.2 Å². The average Bonchev–Trinajstić information content (AvgIpc) is 3.07. The summed E-state index contributed by atoms with van der Waals surface area (Å²) in [5.41, 5.74) is 1.91. The minimum absolute atomic E-state index is 0.0165. The molecule has 0 aromatic carbocycles. The number of hydrogen-bond donors (Lipinski definition) is 2. The van der Waals surface area contributed by atoms with Crippen LogP contribution in [0.2, 0.25) is 0 Å². The lowest BCUT2D eigenvalue weighted by molar-refractivity contribution is 0.126. The number of H-pyrrole nitrogens is 1. The van der Waals surface area contributed by atoms with Gasteiger partial charge < -0.3 is 19.5 Å². The number of carboxylic acid groups (broad SMARTS) is 1. The Kier molecular flexibility index (Phi) is 3.17. The van der Waals surface area contributed by atoms with Crippen LogP contribution in [-0.4, -0.2) is 44.3 Å². The van der Waals surface area contributed by atoms with Gasteiger partial charge in [-0.05, 0) is 31.4 Å². The van der Waals surface area contributed by atoms with Crippen LogP contribution in [0.3, 0.4) is 0 Å². The zero-order chi connectivity index (χ0) is 14.1. The minimum atomic E-state index is -0.894. The summed E-state index contributed by atoms with van der Waals surface area (Å²) in [5, 5.41) is 13.0. The fourth-order valence-electron chi connectivity index (χ4n) is 2.49. The molecule has 1 fully saturated rings. The number of piperidine rings is 1. The number of nitrogens with zero attached hydrogens (tertiary/aromatic N) is 3. The van der Waals surface area contributed by atoms with Crippen LogP contribution in [0.1, 0.15) is 30.2 Å². The summed E-state index contributed by atoms with van der Waals surface area (Å²) in [4.78, 5) is 19.9. The van der Waals surface area contributed by atoms with E-state index < -0.39 is 6.09 Å². The smallest absolute Gasteiger partial charge is 0.407 e. The number of aromatic amines is 1. The molecule has 0 radical (unpaired) electrons. The van der Waals surface area contributed by atoms with Crippen LogP contribution in [-0.2, 0) is 0 Å². The van der Waals surface area contributed by atoms with Crippen LogP contribution in [0.25, 0.3) is 11.5 Å². The summed E-state index contributed by atoms with van der Waals surface area (Å²) >= 11 is 0. The van der Waals surface area contributed by atoms with Crippen molar-refractivity contribution in [1.29, 1.82) is 0 Å². The predicted molar refractivity (Wildman–Crippen MR) is 70.4 cm³/mol. The third-order valence-electron chi connectivity index (χ3n) is 3.55. The molecule has 2 aromatic heterocycles. The van der Waals surface area contributed by atoms with E-state index in [0.29, 0.717) is 24.8 Å². The molecule has 1 amide bonds. The average molecular weight is 276 g/mol. The lowest BCUT2D eigenvalue weighted by Gasteiger charge is -2.28. The molecule has 0 bridgehead atoms. The van der Waals surface area contributed by atoms with E-state index in [4.69, 9.17) is 9.63 Å². The van der Waals surface area contributed by atoms with E-state index in [9.17, 15) is 4.79 Å². The second-order valence-corrected chi connectivity index (χ2v) is 5.11. The van der Waals surface area contributed by atoms with Gasteiger partial charge in [-0.2, -0.15) is 4.98 Å². The van der Waals surface area contributed by atoms with Crippen LogP contribution < -0.4 is 0 Å². The van der Waals surface area contributed by atoms with Gasteiger partial charge in [0.15, 0.2) is 0 Å². The van der Waals surface area contributed by atoms with E-state index >= 15 is 0 Å². The molecule has 1 aliphatic rings. The van der Waals surface area contributed by atoms with Crippen LogP contribution in [0.5, 0.6) is 0 Å². The zero-order valence-electron chi connectivity index (χ0n) is 11.2. The van der Waals surface area contributed by atoms with Gasteiger partial charge in [0.05, 0.1) is 11.6 Å². The molecule has 2 N–H and O–H groups in total. The highest BCUT2D eigenvalue weighted by Gasteiger charge is 2.28. The van der Waals surface area contributed by atoms with E-state index in [0.717, 1.165) is 24.1 Å². The Balaban J connectivity index is 1.78. The van der Waals surface area contributed by atoms with Crippen molar-refractivity contribution in [2.24, 2.45) is 0 Å². The van der Waals surface area contributed by atoms with Crippen molar-refractivity contribution < 1.29 is 14.4 Å². The van der Waals surface area contributed by atoms with Crippen molar-refractivity contribution in [3.63, 3.8) is 0 Å². The van der Waals surface area contributed by atoms with E-state index in [1.165, 1.54) is 4.90 Å². The summed E-state index contributed by atoms with van der Waals surface area (Å²) in [6.45, 7) is 2.97. The first-order chi connectivity index (χ1) is 9.63. The Morgan fingerprint density at radius 2 is 2.45 bits per heavy atom. The Labute approximate surface area is 115 Å². The summed E-state index contributed by atoms with van der Waals surface area (Å²) in [6.07, 6.45) is 2.67. The first-order valence-electron chi connectivity index (χ1n) is 6.60. The van der Waals surface area contributed by atoms with Gasteiger partial charge in [0.2, 0.25) is 11.7 Å². The predicted octanol–water partition coefficient (Wildman–Crippen LogP) is 2.23. The molecule has 0 unspecified atom stereocenters. The molecular formula is C13H16N4O3. The third-order valence-corrected chi connectivity index (χ3v) is 3.55. The number of nitrogens with one attached hydrogen (secondary N) is 1. The van der Waals surface area contributed by atoms with Gasteiger partial charge in [0.25, 0.3) is 0 Å². The molecule has 106 valence electrons. The molecular weight excluding hydrogens is 260 g/mol. The van der Waals surface area contributed by atoms with Crippen LogP contribution >= 0.6 is 0 Å². The standard InChI is InChI=1S/C13H16N4O3/c1-8-5-10(14-6-8)11-15-12(20-16-11)9-3-2-4-17(7-9)13(18)19/h5-6,9,14H,2-4,7H2,1H3,(H,18,19)/t9-/m0/s1. The summed E-state index contributed by atoms with van der Waals surface area (Å²) in [5.74, 6) is 1.01. The Bertz CT molecular complexity index is 619. The molecule has 0 spiro atoms. The maximum Gasteiger partial charge on any atom is 0.407 e. The summed E-state index contributed by atoms with van der Waals surface area (Å²) in [6, 6.07) is 1.94. The molecule has 7 heteroatoms. The Morgan fingerprint density at radius 1 is 1.60 bits per heavy atom. The van der Waals surface area contributed by atoms with E-state index in [1.807, 2.05) is 19.2 Å². The number of aromatic nitrogens is 3. The fourth-order valence-corrected chi connectivity index (χ4v) is 2.49. The quantitative estimate of drug-likeness (QED) is 0.877. The number of hydrogen-bond acceptors (Lipinski definition) is 4. The Morgan fingerprint density at radius 3 is 3.15 bits per heavy atom. The van der Waals surface area contributed by atoms with Crippen molar-refractivity contribution in [2.45, 2.75) is 25.7 Å². The van der Waals surface area contributed by atoms with Crippen LogP contribution in [0.15, 0.2) is 16.8 Å². The van der Waals surface area contributed by atoms with Crippen molar-refractivity contribution in [3.05, 3.63) is 23.7 Å². The highest BCUT2D eigenvalue weighted by Crippen LogP contribution is 2.27. The minimum Gasteiger partial charge on any atom is -0.465 e. The lowest BCUT2D eigenvalue weighted by Crippen LogP contribution is -2.38. The number of aryl methyl sites for hydroxylation is 1. The third kappa shape index (κ3) is 2.38. The molecule has 0 saturated carbocycles. The van der Waals surface area contributed by atoms with Gasteiger partial charge in [-0.25, -0.2) is 4.79 Å². The van der Waals surface area contributed by atoms with Crippen molar-refractivity contribution in [3.8, 4) is 11.5 Å². The van der Waals surface area contributed by atoms with Crippen molar-refractivity contribution in [1.82, 2.24) is 20.0 Å².